The van der Waals surface area contributed by atoms with Crippen LogP contribution < -0.4 is 5.32 Å². The van der Waals surface area contributed by atoms with Gasteiger partial charge in [-0.25, -0.2) is 4.68 Å². The third kappa shape index (κ3) is 2.66. The van der Waals surface area contributed by atoms with Crippen molar-refractivity contribution in [2.45, 2.75) is 38.8 Å². The van der Waals surface area contributed by atoms with Crippen molar-refractivity contribution < 1.29 is 4.79 Å². The summed E-state index contributed by atoms with van der Waals surface area (Å²) in [5, 5.41) is 11.9. The first-order valence-electron chi connectivity index (χ1n) is 7.33. The van der Waals surface area contributed by atoms with E-state index >= 15 is 0 Å². The number of fused-ring (bicyclic) bond motifs is 1. The molecule has 0 aromatic carbocycles. The number of aromatic nitrogens is 4. The lowest BCUT2D eigenvalue weighted by Crippen LogP contribution is -2.41. The molecule has 1 atom stereocenters. The predicted octanol–water partition coefficient (Wildman–Crippen LogP) is 1.65. The number of hydrogen-bond acceptors (Lipinski definition) is 4. The molecule has 1 aliphatic rings. The highest BCUT2D eigenvalue weighted by Gasteiger charge is 2.24. The van der Waals surface area contributed by atoms with Crippen LogP contribution in [0.5, 0.6) is 0 Å². The molecule has 0 spiro atoms. The lowest BCUT2D eigenvalue weighted by Gasteiger charge is -2.24. The molecule has 3 rings (SSSR count). The normalized spacial score (nSPS) is 18.0. The van der Waals surface area contributed by atoms with Crippen LogP contribution in [0.3, 0.4) is 0 Å². The quantitative estimate of drug-likeness (QED) is 0.936. The fourth-order valence-corrected chi connectivity index (χ4v) is 3.94. The number of hydrogen-bond donors (Lipinski definition) is 1. The van der Waals surface area contributed by atoms with E-state index in [1.54, 1.807) is 15.6 Å². The zero-order chi connectivity index (χ0) is 15.0. The molecule has 1 aliphatic heterocycles. The zero-order valence-electron chi connectivity index (χ0n) is 12.7. The van der Waals surface area contributed by atoms with Crippen molar-refractivity contribution >= 4 is 28.7 Å². The van der Waals surface area contributed by atoms with Crippen molar-refractivity contribution in [1.82, 2.24) is 24.9 Å². The third-order valence-electron chi connectivity index (χ3n) is 4.08. The van der Waals surface area contributed by atoms with Gasteiger partial charge in [-0.3, -0.25) is 9.48 Å². The van der Waals surface area contributed by atoms with Crippen LogP contribution in [0.4, 0.5) is 0 Å². The van der Waals surface area contributed by atoms with Gasteiger partial charge in [-0.15, -0.1) is 0 Å². The Labute approximate surface area is 128 Å². The fraction of sp³-hybridized carbons (Fsp3) is 0.643. The zero-order valence-corrected chi connectivity index (χ0v) is 13.5. The standard InChI is InChI=1S/C14H21N5OS/c1-9-13-12(18(3)17-9)8-15-19(13)10(2)14(20)16-11-4-6-21-7-5-11/h8,10-11H,4-7H2,1-3H3,(H,16,20)/t10-/m0/s1. The Morgan fingerprint density at radius 2 is 2.19 bits per heavy atom. The van der Waals surface area contributed by atoms with Crippen LogP contribution in [0.1, 0.15) is 31.5 Å². The van der Waals surface area contributed by atoms with Gasteiger partial charge in [0, 0.05) is 13.1 Å². The molecule has 0 radical (unpaired) electrons. The number of carbonyl (C=O) groups is 1. The molecule has 0 saturated carbocycles. The van der Waals surface area contributed by atoms with E-state index in [9.17, 15) is 4.79 Å². The number of rotatable bonds is 3. The van der Waals surface area contributed by atoms with Gasteiger partial charge in [0.05, 0.1) is 11.9 Å². The highest BCUT2D eigenvalue weighted by molar-refractivity contribution is 7.99. The molecular formula is C14H21N5OS. The van der Waals surface area contributed by atoms with Gasteiger partial charge in [0.15, 0.2) is 0 Å². The Hall–Kier alpha value is -1.50. The van der Waals surface area contributed by atoms with Crippen molar-refractivity contribution in [3.05, 3.63) is 11.9 Å². The van der Waals surface area contributed by atoms with Gasteiger partial charge in [0.25, 0.3) is 0 Å². The molecular weight excluding hydrogens is 286 g/mol. The van der Waals surface area contributed by atoms with Crippen molar-refractivity contribution in [3.8, 4) is 0 Å². The average molecular weight is 307 g/mol. The van der Waals surface area contributed by atoms with Crippen molar-refractivity contribution in [1.29, 1.82) is 0 Å². The molecule has 1 fully saturated rings. The smallest absolute Gasteiger partial charge is 0.244 e. The molecule has 2 aromatic heterocycles. The van der Waals surface area contributed by atoms with Gasteiger partial charge >= 0.3 is 0 Å². The van der Waals surface area contributed by atoms with Gasteiger partial charge in [0.1, 0.15) is 17.1 Å². The Kier molecular flexibility index (Phi) is 3.93. The first-order chi connectivity index (χ1) is 10.1. The minimum Gasteiger partial charge on any atom is -0.351 e. The molecule has 0 aliphatic carbocycles. The first-order valence-corrected chi connectivity index (χ1v) is 8.48. The molecule has 1 N–H and O–H groups in total. The average Bonchev–Trinajstić information content (AvgIpc) is 3.02. The van der Waals surface area contributed by atoms with Crippen molar-refractivity contribution in [3.63, 3.8) is 0 Å². The van der Waals surface area contributed by atoms with Gasteiger partial charge in [-0.1, -0.05) is 0 Å². The fourth-order valence-electron chi connectivity index (χ4n) is 2.84. The maximum Gasteiger partial charge on any atom is 0.244 e. The van der Waals surface area contributed by atoms with E-state index in [0.717, 1.165) is 41.1 Å². The summed E-state index contributed by atoms with van der Waals surface area (Å²) in [4.78, 5) is 12.5. The van der Waals surface area contributed by atoms with E-state index in [-0.39, 0.29) is 11.9 Å². The Morgan fingerprint density at radius 3 is 2.90 bits per heavy atom. The second kappa shape index (κ2) is 5.71. The number of amides is 1. The second-order valence-corrected chi connectivity index (χ2v) is 6.83. The molecule has 0 bridgehead atoms. The Morgan fingerprint density at radius 1 is 1.48 bits per heavy atom. The number of nitrogens with one attached hydrogen (secondary N) is 1. The van der Waals surface area contributed by atoms with Gasteiger partial charge < -0.3 is 5.32 Å². The third-order valence-corrected chi connectivity index (χ3v) is 5.13. The van der Waals surface area contributed by atoms with E-state index in [4.69, 9.17) is 0 Å². The summed E-state index contributed by atoms with van der Waals surface area (Å²) < 4.78 is 3.59. The molecule has 1 amide bonds. The summed E-state index contributed by atoms with van der Waals surface area (Å²) in [6.07, 6.45) is 3.89. The lowest BCUT2D eigenvalue weighted by atomic mass is 10.1. The number of nitrogens with zero attached hydrogens (tertiary/aromatic N) is 4. The highest BCUT2D eigenvalue weighted by Crippen LogP contribution is 2.22. The topological polar surface area (TPSA) is 64.7 Å². The SMILES string of the molecule is Cc1nn(C)c2cnn([C@@H](C)C(=O)NC3CCSCC3)c12. The van der Waals surface area contributed by atoms with Crippen molar-refractivity contribution in [2.75, 3.05) is 11.5 Å². The van der Waals surface area contributed by atoms with Crippen LogP contribution in [0, 0.1) is 6.92 Å². The van der Waals surface area contributed by atoms with Gasteiger partial charge in [-0.2, -0.15) is 22.0 Å². The minimum absolute atomic E-state index is 0.0418. The largest absolute Gasteiger partial charge is 0.351 e. The highest BCUT2D eigenvalue weighted by atomic mass is 32.2. The summed E-state index contributed by atoms with van der Waals surface area (Å²) in [5.74, 6) is 2.31. The number of carbonyl (C=O) groups excluding carboxylic acids is 1. The van der Waals surface area contributed by atoms with Crippen LogP contribution in [0.2, 0.25) is 0 Å². The number of aryl methyl sites for hydroxylation is 2. The Balaban J connectivity index is 1.79. The van der Waals surface area contributed by atoms with Crippen molar-refractivity contribution in [2.24, 2.45) is 7.05 Å². The van der Waals surface area contributed by atoms with E-state index < -0.39 is 0 Å². The molecule has 1 saturated heterocycles. The summed E-state index contributed by atoms with van der Waals surface area (Å²) in [6, 6.07) is -0.0118. The molecule has 6 nitrogen and oxygen atoms in total. The molecule has 21 heavy (non-hydrogen) atoms. The Bertz CT molecular complexity index is 656. The van der Waals surface area contributed by atoms with Crippen LogP contribution >= 0.6 is 11.8 Å². The molecule has 114 valence electrons. The number of thioether (sulfide) groups is 1. The molecule has 2 aromatic rings. The van der Waals surface area contributed by atoms with E-state index in [2.05, 4.69) is 15.5 Å². The minimum atomic E-state index is -0.319. The molecule has 3 heterocycles. The summed E-state index contributed by atoms with van der Waals surface area (Å²) in [5.41, 5.74) is 2.80. The first kappa shape index (κ1) is 14.4. The van der Waals surface area contributed by atoms with Crippen LogP contribution in [-0.2, 0) is 11.8 Å². The summed E-state index contributed by atoms with van der Waals surface area (Å²) in [6.45, 7) is 3.84. The molecule has 7 heteroatoms. The lowest BCUT2D eigenvalue weighted by molar-refractivity contribution is -0.124. The van der Waals surface area contributed by atoms with E-state index in [1.807, 2.05) is 32.7 Å². The van der Waals surface area contributed by atoms with E-state index in [0.29, 0.717) is 6.04 Å². The second-order valence-electron chi connectivity index (χ2n) is 5.60. The molecule has 0 unspecified atom stereocenters. The van der Waals surface area contributed by atoms with Crippen LogP contribution in [0.15, 0.2) is 6.20 Å². The maximum atomic E-state index is 12.5. The van der Waals surface area contributed by atoms with Crippen LogP contribution in [0.25, 0.3) is 11.0 Å². The monoisotopic (exact) mass is 307 g/mol. The van der Waals surface area contributed by atoms with Gasteiger partial charge in [0.2, 0.25) is 5.91 Å². The maximum absolute atomic E-state index is 12.5. The predicted molar refractivity (Wildman–Crippen MR) is 84.4 cm³/mol. The summed E-state index contributed by atoms with van der Waals surface area (Å²) >= 11 is 1.96. The van der Waals surface area contributed by atoms with Crippen LogP contribution in [-0.4, -0.2) is 43.0 Å². The van der Waals surface area contributed by atoms with E-state index in [1.165, 1.54) is 0 Å². The summed E-state index contributed by atoms with van der Waals surface area (Å²) in [7, 11) is 1.89. The van der Waals surface area contributed by atoms with Gasteiger partial charge in [-0.05, 0) is 38.2 Å².